The molecule has 0 nitrogen and oxygen atoms in total. The maximum Gasteiger partial charge on any atom is 0.250 e. The molecule has 0 N–H and O–H groups in total. The van der Waals surface area contributed by atoms with Crippen LogP contribution in [0.5, 0.6) is 0 Å². The Labute approximate surface area is 60.6 Å². The van der Waals surface area contributed by atoms with Crippen LogP contribution in [0.4, 0.5) is 8.78 Å². The summed E-state index contributed by atoms with van der Waals surface area (Å²) in [5, 5.41) is 0. The standard InChI is InChI=1S/C8H14F2/c1-2-3-4-7-5-6-8(7,9)10/h7H,2-6H2,1H3. The van der Waals surface area contributed by atoms with Gasteiger partial charge in [-0.25, -0.2) is 8.78 Å². The summed E-state index contributed by atoms with van der Waals surface area (Å²) in [6, 6.07) is 0. The molecule has 0 aromatic heterocycles. The molecule has 0 aliphatic heterocycles. The van der Waals surface area contributed by atoms with E-state index in [1.807, 2.05) is 6.92 Å². The van der Waals surface area contributed by atoms with E-state index in [1.165, 1.54) is 0 Å². The van der Waals surface area contributed by atoms with Crippen molar-refractivity contribution in [3.63, 3.8) is 0 Å². The lowest BCUT2D eigenvalue weighted by Gasteiger charge is -2.36. The summed E-state index contributed by atoms with van der Waals surface area (Å²) in [6.07, 6.45) is 3.59. The summed E-state index contributed by atoms with van der Waals surface area (Å²) < 4.78 is 25.1. The molecule has 0 aromatic carbocycles. The minimum Gasteiger partial charge on any atom is -0.207 e. The zero-order chi connectivity index (χ0) is 7.61. The molecule has 10 heavy (non-hydrogen) atoms. The van der Waals surface area contributed by atoms with Crippen LogP contribution in [0.15, 0.2) is 0 Å². The Kier molecular flexibility index (Phi) is 2.27. The Bertz CT molecular complexity index is 110. The maximum absolute atomic E-state index is 12.5. The Morgan fingerprint density at radius 2 is 2.20 bits per heavy atom. The van der Waals surface area contributed by atoms with Crippen LogP contribution in [0, 0.1) is 5.92 Å². The molecule has 0 amide bonds. The third kappa shape index (κ3) is 1.47. The minimum absolute atomic E-state index is 0.126. The van der Waals surface area contributed by atoms with Crippen molar-refractivity contribution < 1.29 is 8.78 Å². The molecule has 0 heterocycles. The molecule has 1 fully saturated rings. The largest absolute Gasteiger partial charge is 0.250 e. The predicted molar refractivity (Wildman–Crippen MR) is 37.2 cm³/mol. The zero-order valence-electron chi connectivity index (χ0n) is 6.37. The van der Waals surface area contributed by atoms with Gasteiger partial charge in [0.05, 0.1) is 0 Å². The molecular formula is C8H14F2. The average Bonchev–Trinajstić information content (AvgIpc) is 1.87. The lowest BCUT2D eigenvalue weighted by atomic mass is 9.78. The molecule has 1 saturated carbocycles. The Balaban J connectivity index is 2.17. The van der Waals surface area contributed by atoms with E-state index >= 15 is 0 Å². The van der Waals surface area contributed by atoms with Crippen molar-refractivity contribution in [3.8, 4) is 0 Å². The number of halogens is 2. The topological polar surface area (TPSA) is 0 Å². The molecule has 1 unspecified atom stereocenters. The SMILES string of the molecule is CCCCC1CCC1(F)F. The second-order valence-electron chi connectivity index (χ2n) is 3.14. The van der Waals surface area contributed by atoms with Gasteiger partial charge in [-0.1, -0.05) is 19.8 Å². The van der Waals surface area contributed by atoms with Crippen molar-refractivity contribution in [1.29, 1.82) is 0 Å². The highest BCUT2D eigenvalue weighted by Gasteiger charge is 2.47. The first-order valence-electron chi connectivity index (χ1n) is 4.04. The minimum atomic E-state index is -2.31. The Hall–Kier alpha value is -0.140. The molecule has 1 aliphatic rings. The Morgan fingerprint density at radius 1 is 1.50 bits per heavy atom. The quantitative estimate of drug-likeness (QED) is 0.576. The second-order valence-corrected chi connectivity index (χ2v) is 3.14. The van der Waals surface area contributed by atoms with Crippen LogP contribution in [-0.2, 0) is 0 Å². The van der Waals surface area contributed by atoms with E-state index in [2.05, 4.69) is 0 Å². The van der Waals surface area contributed by atoms with E-state index in [4.69, 9.17) is 0 Å². The number of hydrogen-bond donors (Lipinski definition) is 0. The third-order valence-electron chi connectivity index (χ3n) is 2.33. The molecule has 0 radical (unpaired) electrons. The van der Waals surface area contributed by atoms with Crippen LogP contribution in [0.2, 0.25) is 0 Å². The van der Waals surface area contributed by atoms with Crippen LogP contribution in [0.3, 0.4) is 0 Å². The van der Waals surface area contributed by atoms with Crippen molar-refractivity contribution in [2.24, 2.45) is 5.92 Å². The van der Waals surface area contributed by atoms with Crippen molar-refractivity contribution in [2.45, 2.75) is 45.0 Å². The maximum atomic E-state index is 12.5. The van der Waals surface area contributed by atoms with Crippen molar-refractivity contribution in [2.75, 3.05) is 0 Å². The van der Waals surface area contributed by atoms with Gasteiger partial charge in [-0.3, -0.25) is 0 Å². The first kappa shape index (κ1) is 7.96. The summed E-state index contributed by atoms with van der Waals surface area (Å²) in [6.45, 7) is 2.04. The van der Waals surface area contributed by atoms with Gasteiger partial charge in [-0.15, -0.1) is 0 Å². The molecule has 0 spiro atoms. The normalized spacial score (nSPS) is 29.7. The molecule has 0 aromatic rings. The van der Waals surface area contributed by atoms with Gasteiger partial charge in [0.15, 0.2) is 0 Å². The second kappa shape index (κ2) is 2.85. The van der Waals surface area contributed by atoms with E-state index < -0.39 is 5.92 Å². The molecule has 1 rings (SSSR count). The first-order valence-corrected chi connectivity index (χ1v) is 4.04. The van der Waals surface area contributed by atoms with Gasteiger partial charge < -0.3 is 0 Å². The van der Waals surface area contributed by atoms with Crippen LogP contribution < -0.4 is 0 Å². The van der Waals surface area contributed by atoms with Crippen molar-refractivity contribution in [3.05, 3.63) is 0 Å². The van der Waals surface area contributed by atoms with Gasteiger partial charge in [0.25, 0.3) is 5.92 Å². The summed E-state index contributed by atoms with van der Waals surface area (Å²) >= 11 is 0. The third-order valence-corrected chi connectivity index (χ3v) is 2.33. The van der Waals surface area contributed by atoms with Crippen LogP contribution in [0.25, 0.3) is 0 Å². The molecule has 2 heteroatoms. The van der Waals surface area contributed by atoms with E-state index in [1.54, 1.807) is 0 Å². The van der Waals surface area contributed by atoms with Gasteiger partial charge in [-0.2, -0.15) is 0 Å². The van der Waals surface area contributed by atoms with Gasteiger partial charge >= 0.3 is 0 Å². The van der Waals surface area contributed by atoms with E-state index in [-0.39, 0.29) is 12.3 Å². The monoisotopic (exact) mass is 148 g/mol. The van der Waals surface area contributed by atoms with Crippen LogP contribution in [0.1, 0.15) is 39.0 Å². The molecule has 1 atom stereocenters. The fourth-order valence-corrected chi connectivity index (χ4v) is 1.37. The number of hydrogen-bond acceptors (Lipinski definition) is 0. The first-order chi connectivity index (χ1) is 4.67. The molecule has 0 saturated heterocycles. The van der Waals surface area contributed by atoms with Gasteiger partial charge in [0.2, 0.25) is 0 Å². The average molecular weight is 148 g/mol. The predicted octanol–water partition coefficient (Wildman–Crippen LogP) is 3.22. The fraction of sp³-hybridized carbons (Fsp3) is 1.00. The molecule has 60 valence electrons. The number of alkyl halides is 2. The summed E-state index contributed by atoms with van der Waals surface area (Å²) in [5.74, 6) is -2.60. The van der Waals surface area contributed by atoms with Crippen LogP contribution >= 0.6 is 0 Å². The molecule has 1 aliphatic carbocycles. The highest BCUT2D eigenvalue weighted by molar-refractivity contribution is 4.87. The summed E-state index contributed by atoms with van der Waals surface area (Å²) in [5.41, 5.74) is 0. The van der Waals surface area contributed by atoms with E-state index in [0.717, 1.165) is 25.7 Å². The number of rotatable bonds is 3. The molecule has 0 bridgehead atoms. The highest BCUT2D eigenvalue weighted by Crippen LogP contribution is 2.45. The molecular weight excluding hydrogens is 134 g/mol. The zero-order valence-corrected chi connectivity index (χ0v) is 6.37. The Morgan fingerprint density at radius 3 is 2.50 bits per heavy atom. The lowest BCUT2D eigenvalue weighted by molar-refractivity contribution is -0.135. The summed E-state index contributed by atoms with van der Waals surface area (Å²) in [4.78, 5) is 0. The highest BCUT2D eigenvalue weighted by atomic mass is 19.3. The number of unbranched alkanes of at least 4 members (excludes halogenated alkanes) is 1. The van der Waals surface area contributed by atoms with E-state index in [9.17, 15) is 8.78 Å². The lowest BCUT2D eigenvalue weighted by Crippen LogP contribution is -2.38. The van der Waals surface area contributed by atoms with Crippen LogP contribution in [-0.4, -0.2) is 5.92 Å². The van der Waals surface area contributed by atoms with E-state index in [0.29, 0.717) is 0 Å². The van der Waals surface area contributed by atoms with Crippen molar-refractivity contribution >= 4 is 0 Å². The smallest absolute Gasteiger partial charge is 0.207 e. The van der Waals surface area contributed by atoms with Gasteiger partial charge in [-0.05, 0) is 12.8 Å². The van der Waals surface area contributed by atoms with Gasteiger partial charge in [0, 0.05) is 12.3 Å². The fourth-order valence-electron chi connectivity index (χ4n) is 1.37. The van der Waals surface area contributed by atoms with Crippen molar-refractivity contribution in [1.82, 2.24) is 0 Å². The summed E-state index contributed by atoms with van der Waals surface area (Å²) in [7, 11) is 0. The van der Waals surface area contributed by atoms with Gasteiger partial charge in [0.1, 0.15) is 0 Å².